The van der Waals surface area contributed by atoms with E-state index in [4.69, 9.17) is 37.0 Å². The maximum atomic E-state index is 13.1. The van der Waals surface area contributed by atoms with Crippen LogP contribution in [0.5, 0.6) is 0 Å². The number of rotatable bonds is 76. The number of aliphatic hydroxyl groups is 1. The highest BCUT2D eigenvalue weighted by molar-refractivity contribution is 7.47. The minimum absolute atomic E-state index is 0.0257. The standard InChI is InChI=1S/C79H146O17P2/c1-5-9-13-17-21-25-29-33-35-36-38-42-46-50-54-58-62-66-79(84)96-75(70-90-77(82)64-60-56-52-48-44-41-37-34-30-26-22-18-14-10-6-2)72-94-98(87,88)92-68-73(80)67-91-97(85,86)93-71-74(95-78(83)65-61-57-53-49-45-40-32-28-24-20-16-12-8-4)69-89-76(81)63-59-55-51-47-43-39-31-27-23-19-15-11-7-3/h21,25,33,35,38,42,50,54,73-75,80H,5-20,22-24,26-32,34,36-37,39-41,43-49,51-53,55-72H2,1-4H3,(H,85,86)(H,87,88)/b25-21-,35-33-,42-38-,54-50-/t73-,74+,75+/m0/s1. The normalized spacial score (nSPS) is 14.2. The van der Waals surface area contributed by atoms with Gasteiger partial charge in [0.2, 0.25) is 0 Å². The highest BCUT2D eigenvalue weighted by Gasteiger charge is 2.30. The highest BCUT2D eigenvalue weighted by atomic mass is 31.2. The molecule has 0 aromatic carbocycles. The lowest BCUT2D eigenvalue weighted by Crippen LogP contribution is -2.30. The van der Waals surface area contributed by atoms with Gasteiger partial charge in [0.15, 0.2) is 12.2 Å². The summed E-state index contributed by atoms with van der Waals surface area (Å²) < 4.78 is 68.5. The van der Waals surface area contributed by atoms with Crippen LogP contribution in [0.15, 0.2) is 48.6 Å². The lowest BCUT2D eigenvalue weighted by atomic mass is 10.0. The van der Waals surface area contributed by atoms with Gasteiger partial charge < -0.3 is 33.8 Å². The smallest absolute Gasteiger partial charge is 0.462 e. The van der Waals surface area contributed by atoms with Gasteiger partial charge in [-0.25, -0.2) is 9.13 Å². The molecule has 0 aliphatic rings. The van der Waals surface area contributed by atoms with Crippen molar-refractivity contribution in [2.24, 2.45) is 0 Å². The first-order chi connectivity index (χ1) is 47.7. The van der Waals surface area contributed by atoms with Crippen molar-refractivity contribution in [1.82, 2.24) is 0 Å². The average molecular weight is 1430 g/mol. The molecule has 0 saturated heterocycles. The minimum Gasteiger partial charge on any atom is -0.462 e. The summed E-state index contributed by atoms with van der Waals surface area (Å²) in [4.78, 5) is 72.9. The van der Waals surface area contributed by atoms with Crippen LogP contribution in [0.4, 0.5) is 0 Å². The first-order valence-corrected chi connectivity index (χ1v) is 42.9. The Labute approximate surface area is 597 Å². The van der Waals surface area contributed by atoms with Gasteiger partial charge in [-0.05, 0) is 64.2 Å². The summed E-state index contributed by atoms with van der Waals surface area (Å²) in [6, 6.07) is 0. The molecule has 3 N–H and O–H groups in total. The molecule has 17 nitrogen and oxygen atoms in total. The number of hydrogen-bond donors (Lipinski definition) is 3. The molecule has 5 atom stereocenters. The van der Waals surface area contributed by atoms with Crippen molar-refractivity contribution in [3.63, 3.8) is 0 Å². The van der Waals surface area contributed by atoms with Crippen molar-refractivity contribution in [2.45, 2.75) is 393 Å². The van der Waals surface area contributed by atoms with Crippen molar-refractivity contribution in [2.75, 3.05) is 39.6 Å². The van der Waals surface area contributed by atoms with Crippen molar-refractivity contribution < 1.29 is 80.2 Å². The molecule has 0 aromatic heterocycles. The molecular weight excluding hydrogens is 1280 g/mol. The number of ether oxygens (including phenoxy) is 4. The summed E-state index contributed by atoms with van der Waals surface area (Å²) in [5.41, 5.74) is 0. The number of unbranched alkanes of at least 4 members (excludes halogenated alkanes) is 42. The van der Waals surface area contributed by atoms with Gasteiger partial charge in [0.1, 0.15) is 19.3 Å². The van der Waals surface area contributed by atoms with Gasteiger partial charge in [-0.2, -0.15) is 0 Å². The van der Waals surface area contributed by atoms with E-state index in [-0.39, 0.29) is 25.7 Å². The summed E-state index contributed by atoms with van der Waals surface area (Å²) in [7, 11) is -9.95. The summed E-state index contributed by atoms with van der Waals surface area (Å²) in [5, 5.41) is 10.6. The van der Waals surface area contributed by atoms with Gasteiger partial charge in [0, 0.05) is 25.7 Å². The molecule has 0 aromatic rings. The van der Waals surface area contributed by atoms with Crippen LogP contribution in [-0.4, -0.2) is 96.7 Å². The van der Waals surface area contributed by atoms with Crippen molar-refractivity contribution in [3.05, 3.63) is 48.6 Å². The molecule has 0 spiro atoms. The third-order valence-corrected chi connectivity index (χ3v) is 19.2. The van der Waals surface area contributed by atoms with E-state index in [1.165, 1.54) is 199 Å². The lowest BCUT2D eigenvalue weighted by molar-refractivity contribution is -0.161. The Hall–Kier alpha value is -2.98. The van der Waals surface area contributed by atoms with E-state index in [0.29, 0.717) is 32.1 Å². The largest absolute Gasteiger partial charge is 0.472 e. The number of allylic oxidation sites excluding steroid dienone is 8. The van der Waals surface area contributed by atoms with E-state index >= 15 is 0 Å². The van der Waals surface area contributed by atoms with E-state index in [2.05, 4.69) is 64.2 Å². The average Bonchev–Trinajstić information content (AvgIpc) is 1.02. The minimum atomic E-state index is -4.98. The Kier molecular flexibility index (Phi) is 70.2. The second-order valence-electron chi connectivity index (χ2n) is 27.0. The maximum Gasteiger partial charge on any atom is 0.472 e. The lowest BCUT2D eigenvalue weighted by Gasteiger charge is -2.21. The van der Waals surface area contributed by atoms with Crippen LogP contribution in [0.3, 0.4) is 0 Å². The monoisotopic (exact) mass is 1430 g/mol. The fourth-order valence-electron chi connectivity index (χ4n) is 11.2. The third kappa shape index (κ3) is 71.4. The van der Waals surface area contributed by atoms with Crippen molar-refractivity contribution >= 4 is 39.5 Å². The zero-order valence-corrected chi connectivity index (χ0v) is 64.5. The molecule has 0 saturated carbocycles. The molecule has 0 aliphatic heterocycles. The van der Waals surface area contributed by atoms with E-state index in [0.717, 1.165) is 89.9 Å². The number of carbonyl (C=O) groups excluding carboxylic acids is 4. The Bertz CT molecular complexity index is 2050. The Morgan fingerprint density at radius 2 is 0.510 bits per heavy atom. The van der Waals surface area contributed by atoms with Gasteiger partial charge in [0.25, 0.3) is 0 Å². The van der Waals surface area contributed by atoms with Gasteiger partial charge in [0.05, 0.1) is 26.4 Å². The highest BCUT2D eigenvalue weighted by Crippen LogP contribution is 2.45. The van der Waals surface area contributed by atoms with Crippen LogP contribution in [-0.2, 0) is 65.4 Å². The van der Waals surface area contributed by atoms with E-state index in [1.54, 1.807) is 0 Å². The Morgan fingerprint density at radius 1 is 0.286 bits per heavy atom. The topological polar surface area (TPSA) is 237 Å². The predicted octanol–water partition coefficient (Wildman–Crippen LogP) is 22.9. The number of carbonyl (C=O) groups is 4. The summed E-state index contributed by atoms with van der Waals surface area (Å²) in [6.07, 6.45) is 69.5. The quantitative estimate of drug-likeness (QED) is 0.0169. The number of phosphoric ester groups is 2. The first kappa shape index (κ1) is 95.0. The number of aliphatic hydroxyl groups excluding tert-OH is 1. The SMILES string of the molecule is CCCCC/C=C\C/C=C\C/C=C\C/C=C\CCCC(=O)O[C@H](COC(=O)CCCCCCCCCCCCCCCCC)COP(=O)(O)OC[C@@H](O)COP(=O)(O)OC[C@@H](COC(=O)CCCCCCCCCCCCCCC)OC(=O)CCCCCCCCCCCCCCC. The van der Waals surface area contributed by atoms with Gasteiger partial charge in [-0.3, -0.25) is 37.3 Å². The fraction of sp³-hybridized carbons (Fsp3) is 0.848. The van der Waals surface area contributed by atoms with Crippen LogP contribution >= 0.6 is 15.6 Å². The molecule has 0 amide bonds. The third-order valence-electron chi connectivity index (χ3n) is 17.3. The zero-order valence-electron chi connectivity index (χ0n) is 62.7. The first-order valence-electron chi connectivity index (χ1n) is 39.9. The number of hydrogen-bond acceptors (Lipinski definition) is 15. The summed E-state index contributed by atoms with van der Waals surface area (Å²) in [6.45, 7) is 4.87. The van der Waals surface area contributed by atoms with E-state index < -0.39 is 97.5 Å². The molecule has 0 radical (unpaired) electrons. The van der Waals surface area contributed by atoms with Crippen LogP contribution in [0.1, 0.15) is 374 Å². The van der Waals surface area contributed by atoms with E-state index in [9.17, 15) is 43.2 Å². The molecule has 2 unspecified atom stereocenters. The van der Waals surface area contributed by atoms with Gasteiger partial charge in [-0.1, -0.05) is 333 Å². The second-order valence-corrected chi connectivity index (χ2v) is 29.9. The van der Waals surface area contributed by atoms with Crippen LogP contribution < -0.4 is 0 Å². The summed E-state index contributed by atoms with van der Waals surface area (Å²) in [5.74, 6) is -2.20. The molecular formula is C79H146O17P2. The molecule has 0 fully saturated rings. The van der Waals surface area contributed by atoms with E-state index in [1.807, 2.05) is 12.2 Å². The second kappa shape index (κ2) is 72.4. The Morgan fingerprint density at radius 3 is 0.806 bits per heavy atom. The van der Waals surface area contributed by atoms with Crippen molar-refractivity contribution in [3.8, 4) is 0 Å². The fourth-order valence-corrected chi connectivity index (χ4v) is 12.8. The van der Waals surface area contributed by atoms with Crippen LogP contribution in [0, 0.1) is 0 Å². The van der Waals surface area contributed by atoms with Crippen molar-refractivity contribution in [1.29, 1.82) is 0 Å². The number of phosphoric acid groups is 2. The summed E-state index contributed by atoms with van der Waals surface area (Å²) >= 11 is 0. The molecule has 0 rings (SSSR count). The van der Waals surface area contributed by atoms with Gasteiger partial charge in [-0.15, -0.1) is 0 Å². The Balaban J connectivity index is 5.35. The maximum absolute atomic E-state index is 13.1. The predicted molar refractivity (Wildman–Crippen MR) is 400 cm³/mol. The van der Waals surface area contributed by atoms with Gasteiger partial charge >= 0.3 is 39.5 Å². The molecule has 98 heavy (non-hydrogen) atoms. The van der Waals surface area contributed by atoms with Crippen LogP contribution in [0.2, 0.25) is 0 Å². The molecule has 0 aliphatic carbocycles. The van der Waals surface area contributed by atoms with Crippen LogP contribution in [0.25, 0.3) is 0 Å². The zero-order chi connectivity index (χ0) is 71.8. The number of esters is 4. The molecule has 19 heteroatoms. The molecule has 574 valence electrons. The molecule has 0 heterocycles. The molecule has 0 bridgehead atoms.